The minimum absolute atomic E-state index is 0.0313. The molecule has 23 heavy (non-hydrogen) atoms. The largest absolute Gasteiger partial charge is 0.483 e. The van der Waals surface area contributed by atoms with Gasteiger partial charge >= 0.3 is 12.1 Å². The third kappa shape index (κ3) is 3.87. The van der Waals surface area contributed by atoms with Crippen LogP contribution in [-0.2, 0) is 4.74 Å². The summed E-state index contributed by atoms with van der Waals surface area (Å²) < 4.78 is 46.1. The van der Waals surface area contributed by atoms with Gasteiger partial charge in [0, 0.05) is 11.8 Å². The Hall–Kier alpha value is -2.84. The van der Waals surface area contributed by atoms with E-state index in [0.717, 1.165) is 13.3 Å². The average Bonchev–Trinajstić information content (AvgIpc) is 2.52. The van der Waals surface area contributed by atoms with Gasteiger partial charge in [-0.1, -0.05) is 12.1 Å². The third-order valence-corrected chi connectivity index (χ3v) is 2.78. The number of esters is 1. The molecular formula is C14H11F3N2O4. The fourth-order valence-electron chi connectivity index (χ4n) is 1.80. The van der Waals surface area contributed by atoms with Crippen LogP contribution in [-0.4, -0.2) is 36.1 Å². The number of H-pyrrole nitrogens is 1. The molecule has 0 amide bonds. The first kappa shape index (κ1) is 16.5. The molecule has 0 radical (unpaired) electrons. The highest BCUT2D eigenvalue weighted by Gasteiger charge is 2.29. The first-order valence-electron chi connectivity index (χ1n) is 6.29. The molecule has 0 aliphatic heterocycles. The fraction of sp³-hybridized carbons (Fsp3) is 0.214. The highest BCUT2D eigenvalue weighted by molar-refractivity contribution is 5.90. The summed E-state index contributed by atoms with van der Waals surface area (Å²) in [6, 6.07) is 5.59. The Morgan fingerprint density at radius 2 is 2.00 bits per heavy atom. The van der Waals surface area contributed by atoms with Gasteiger partial charge in [-0.15, -0.1) is 0 Å². The van der Waals surface area contributed by atoms with Gasteiger partial charge in [0.2, 0.25) is 5.43 Å². The summed E-state index contributed by atoms with van der Waals surface area (Å²) in [7, 11) is 1.10. The number of halogens is 3. The van der Waals surface area contributed by atoms with Crippen molar-refractivity contribution in [3.05, 3.63) is 46.2 Å². The molecule has 9 heteroatoms. The summed E-state index contributed by atoms with van der Waals surface area (Å²) in [5, 5.41) is 6.08. The van der Waals surface area contributed by atoms with Crippen LogP contribution >= 0.6 is 0 Å². The second-order valence-corrected chi connectivity index (χ2v) is 4.37. The number of carbonyl (C=O) groups is 1. The van der Waals surface area contributed by atoms with Crippen LogP contribution in [0.25, 0.3) is 11.3 Å². The highest BCUT2D eigenvalue weighted by Crippen LogP contribution is 2.28. The van der Waals surface area contributed by atoms with E-state index in [2.05, 4.69) is 14.9 Å². The molecule has 0 fully saturated rings. The minimum Gasteiger partial charge on any atom is -0.483 e. The maximum atomic E-state index is 12.3. The molecule has 0 aliphatic rings. The molecule has 1 aromatic heterocycles. The van der Waals surface area contributed by atoms with Crippen molar-refractivity contribution < 1.29 is 27.4 Å². The lowest BCUT2D eigenvalue weighted by atomic mass is 10.1. The Morgan fingerprint density at radius 1 is 1.30 bits per heavy atom. The Morgan fingerprint density at radius 3 is 2.65 bits per heavy atom. The number of methoxy groups -OCH3 is 1. The van der Waals surface area contributed by atoms with Crippen LogP contribution in [0.3, 0.4) is 0 Å². The van der Waals surface area contributed by atoms with Gasteiger partial charge in [-0.05, 0) is 12.1 Å². The van der Waals surface area contributed by atoms with Gasteiger partial charge in [-0.2, -0.15) is 18.3 Å². The smallest absolute Gasteiger partial charge is 0.422 e. The first-order valence-corrected chi connectivity index (χ1v) is 6.29. The molecule has 2 aromatic rings. The summed E-state index contributed by atoms with van der Waals surface area (Å²) >= 11 is 0. The molecule has 1 heterocycles. The molecule has 1 N–H and O–H groups in total. The lowest BCUT2D eigenvalue weighted by molar-refractivity contribution is -0.153. The Balaban J connectivity index is 2.47. The monoisotopic (exact) mass is 328 g/mol. The zero-order valence-electron chi connectivity index (χ0n) is 11.8. The van der Waals surface area contributed by atoms with Crippen LogP contribution in [0.2, 0.25) is 0 Å². The van der Waals surface area contributed by atoms with E-state index in [1.807, 2.05) is 0 Å². The number of ether oxygens (including phenoxy) is 2. The van der Waals surface area contributed by atoms with E-state index >= 15 is 0 Å². The maximum Gasteiger partial charge on any atom is 0.422 e. The van der Waals surface area contributed by atoms with Crippen LogP contribution in [0.5, 0.6) is 5.75 Å². The molecule has 0 saturated carbocycles. The first-order chi connectivity index (χ1) is 10.8. The minimum atomic E-state index is -4.53. The third-order valence-electron chi connectivity index (χ3n) is 2.78. The van der Waals surface area contributed by atoms with Crippen LogP contribution in [0.15, 0.2) is 35.3 Å². The number of hydrogen-bond acceptors (Lipinski definition) is 5. The summed E-state index contributed by atoms with van der Waals surface area (Å²) in [6.45, 7) is -1.52. The number of rotatable bonds is 4. The zero-order valence-corrected chi connectivity index (χ0v) is 11.8. The zero-order chi connectivity index (χ0) is 17.0. The quantitative estimate of drug-likeness (QED) is 0.870. The van der Waals surface area contributed by atoms with Crippen molar-refractivity contribution in [2.45, 2.75) is 6.18 Å². The van der Waals surface area contributed by atoms with Crippen LogP contribution < -0.4 is 10.2 Å². The molecule has 0 spiro atoms. The standard InChI is InChI=1S/C14H11F3N2O4/c1-22-13(21)9-6-18-19-11(12(9)20)8-4-2-3-5-10(8)23-7-14(15,16)17/h2-6H,7H2,1H3,(H,18,20). The summed E-state index contributed by atoms with van der Waals surface area (Å²) in [4.78, 5) is 23.8. The number of para-hydroxylation sites is 1. The Kier molecular flexibility index (Phi) is 4.68. The van der Waals surface area contributed by atoms with E-state index in [9.17, 15) is 22.8 Å². The van der Waals surface area contributed by atoms with Gasteiger partial charge in [0.05, 0.1) is 7.11 Å². The van der Waals surface area contributed by atoms with Crippen molar-refractivity contribution in [1.29, 1.82) is 0 Å². The number of hydrogen-bond donors (Lipinski definition) is 1. The average molecular weight is 328 g/mol. The lowest BCUT2D eigenvalue weighted by Crippen LogP contribution is -2.21. The van der Waals surface area contributed by atoms with Crippen molar-refractivity contribution in [2.24, 2.45) is 0 Å². The predicted octanol–water partition coefficient (Wildman–Crippen LogP) is 2.16. The topological polar surface area (TPSA) is 81.3 Å². The van der Waals surface area contributed by atoms with Crippen LogP contribution in [0, 0.1) is 0 Å². The van der Waals surface area contributed by atoms with Gasteiger partial charge < -0.3 is 9.47 Å². The van der Waals surface area contributed by atoms with Gasteiger partial charge in [-0.25, -0.2) is 4.79 Å². The molecule has 2 rings (SSSR count). The van der Waals surface area contributed by atoms with Gasteiger partial charge in [0.25, 0.3) is 0 Å². The Labute approximate surface area is 127 Å². The molecule has 122 valence electrons. The van der Waals surface area contributed by atoms with E-state index < -0.39 is 24.2 Å². The van der Waals surface area contributed by atoms with E-state index in [4.69, 9.17) is 4.74 Å². The van der Waals surface area contributed by atoms with Crippen LogP contribution in [0.1, 0.15) is 10.4 Å². The van der Waals surface area contributed by atoms with E-state index in [0.29, 0.717) is 0 Å². The van der Waals surface area contributed by atoms with Crippen molar-refractivity contribution in [2.75, 3.05) is 13.7 Å². The van der Waals surface area contributed by atoms with Gasteiger partial charge in [0.15, 0.2) is 6.61 Å². The molecule has 0 unspecified atom stereocenters. The van der Waals surface area contributed by atoms with E-state index in [-0.39, 0.29) is 22.6 Å². The predicted molar refractivity (Wildman–Crippen MR) is 73.2 cm³/mol. The number of aromatic nitrogens is 2. The molecule has 0 saturated heterocycles. The SMILES string of the molecule is COC(=O)c1c[nH]nc(-c2ccccc2OCC(F)(F)F)c1=O. The maximum absolute atomic E-state index is 12.3. The Bertz CT molecular complexity index is 771. The summed E-state index contributed by atoms with van der Waals surface area (Å²) in [5.41, 5.74) is -1.31. The van der Waals surface area contributed by atoms with Crippen molar-refractivity contribution in [1.82, 2.24) is 10.2 Å². The van der Waals surface area contributed by atoms with Crippen molar-refractivity contribution in [3.8, 4) is 17.0 Å². The fourth-order valence-corrected chi connectivity index (χ4v) is 1.80. The molecule has 0 aliphatic carbocycles. The number of carbonyl (C=O) groups excluding carboxylic acids is 1. The number of aromatic amines is 1. The summed E-state index contributed by atoms with van der Waals surface area (Å²) in [6.07, 6.45) is -3.47. The molecular weight excluding hydrogens is 317 g/mol. The highest BCUT2D eigenvalue weighted by atomic mass is 19.4. The van der Waals surface area contributed by atoms with E-state index in [1.165, 1.54) is 24.3 Å². The van der Waals surface area contributed by atoms with Crippen LogP contribution in [0.4, 0.5) is 13.2 Å². The number of benzene rings is 1. The van der Waals surface area contributed by atoms with Gasteiger partial charge in [-0.3, -0.25) is 9.89 Å². The lowest BCUT2D eigenvalue weighted by Gasteiger charge is -2.12. The van der Waals surface area contributed by atoms with E-state index in [1.54, 1.807) is 0 Å². The molecule has 1 aromatic carbocycles. The van der Waals surface area contributed by atoms with Crippen molar-refractivity contribution in [3.63, 3.8) is 0 Å². The number of nitrogens with one attached hydrogen (secondary N) is 1. The summed E-state index contributed by atoms with van der Waals surface area (Å²) in [5.74, 6) is -1.06. The molecule has 0 bridgehead atoms. The molecule has 0 atom stereocenters. The number of nitrogens with zero attached hydrogens (tertiary/aromatic N) is 1. The second-order valence-electron chi connectivity index (χ2n) is 4.37. The van der Waals surface area contributed by atoms with Gasteiger partial charge in [0.1, 0.15) is 17.0 Å². The molecule has 6 nitrogen and oxygen atoms in total. The number of alkyl halides is 3. The van der Waals surface area contributed by atoms with Crippen molar-refractivity contribution >= 4 is 5.97 Å². The normalized spacial score (nSPS) is 11.1. The second kappa shape index (κ2) is 6.51.